The van der Waals surface area contributed by atoms with Gasteiger partial charge in [-0.2, -0.15) is 0 Å². The Balaban J connectivity index is 1.85. The number of nitrogens with one attached hydrogen (secondary N) is 1. The van der Waals surface area contributed by atoms with E-state index in [1.54, 1.807) is 11.3 Å². The number of nitrogens with zero attached hydrogens (tertiary/aromatic N) is 1. The van der Waals surface area contributed by atoms with Crippen molar-refractivity contribution >= 4 is 11.3 Å². The van der Waals surface area contributed by atoms with Gasteiger partial charge in [0.05, 0.1) is 11.2 Å². The van der Waals surface area contributed by atoms with E-state index in [4.69, 9.17) is 0 Å². The first-order chi connectivity index (χ1) is 7.27. The van der Waals surface area contributed by atoms with Crippen LogP contribution in [0.5, 0.6) is 0 Å². The molecule has 15 heavy (non-hydrogen) atoms. The molecule has 0 amide bonds. The summed E-state index contributed by atoms with van der Waals surface area (Å²) >= 11 is 1.68. The Bertz CT molecular complexity index is 278. The van der Waals surface area contributed by atoms with Crippen molar-refractivity contribution in [1.82, 2.24) is 10.3 Å². The van der Waals surface area contributed by atoms with E-state index in [-0.39, 0.29) is 0 Å². The summed E-state index contributed by atoms with van der Waals surface area (Å²) in [6.07, 6.45) is 5.64. The summed E-state index contributed by atoms with van der Waals surface area (Å²) in [5, 5.41) is 5.81. The van der Waals surface area contributed by atoms with Crippen molar-refractivity contribution in [3.05, 3.63) is 16.6 Å². The molecule has 1 heterocycles. The maximum atomic E-state index is 4.35. The molecule has 1 unspecified atom stereocenters. The van der Waals surface area contributed by atoms with Crippen LogP contribution in [0.2, 0.25) is 0 Å². The summed E-state index contributed by atoms with van der Waals surface area (Å²) in [6.45, 7) is 4.53. The monoisotopic (exact) mass is 224 g/mol. The molecule has 0 saturated heterocycles. The number of rotatable bonds is 4. The fourth-order valence-corrected chi connectivity index (χ4v) is 3.16. The van der Waals surface area contributed by atoms with E-state index >= 15 is 0 Å². The predicted molar refractivity (Wildman–Crippen MR) is 65.1 cm³/mol. The van der Waals surface area contributed by atoms with E-state index in [9.17, 15) is 0 Å². The fourth-order valence-electron chi connectivity index (χ4n) is 2.51. The highest BCUT2D eigenvalue weighted by Crippen LogP contribution is 2.28. The maximum absolute atomic E-state index is 4.35. The molecule has 1 saturated carbocycles. The normalized spacial score (nSPS) is 21.7. The van der Waals surface area contributed by atoms with E-state index in [1.807, 2.05) is 5.51 Å². The lowest BCUT2D eigenvalue weighted by molar-refractivity contribution is 0.350. The van der Waals surface area contributed by atoms with Crippen LogP contribution in [-0.4, -0.2) is 11.0 Å². The second-order valence-corrected chi connectivity index (χ2v) is 5.35. The van der Waals surface area contributed by atoms with Gasteiger partial charge in [0.15, 0.2) is 0 Å². The van der Waals surface area contributed by atoms with Gasteiger partial charge in [0.25, 0.3) is 0 Å². The third-order valence-electron chi connectivity index (χ3n) is 3.51. The van der Waals surface area contributed by atoms with Gasteiger partial charge in [0, 0.05) is 17.5 Å². The van der Waals surface area contributed by atoms with Crippen LogP contribution < -0.4 is 5.32 Å². The SMILES string of the molecule is CC(N[C@H](C)C1CCCC1)c1cscn1. The van der Waals surface area contributed by atoms with Crippen LogP contribution in [0.15, 0.2) is 10.9 Å². The molecule has 1 aromatic rings. The zero-order chi connectivity index (χ0) is 10.7. The summed E-state index contributed by atoms with van der Waals surface area (Å²) in [7, 11) is 0. The lowest BCUT2D eigenvalue weighted by atomic mass is 9.99. The van der Waals surface area contributed by atoms with E-state index in [2.05, 4.69) is 29.5 Å². The first kappa shape index (κ1) is 11.1. The summed E-state index contributed by atoms with van der Waals surface area (Å²) in [6, 6.07) is 1.02. The van der Waals surface area contributed by atoms with Gasteiger partial charge < -0.3 is 5.32 Å². The quantitative estimate of drug-likeness (QED) is 0.848. The second-order valence-electron chi connectivity index (χ2n) is 4.63. The van der Waals surface area contributed by atoms with Crippen molar-refractivity contribution in [3.8, 4) is 0 Å². The highest BCUT2D eigenvalue weighted by atomic mass is 32.1. The second kappa shape index (κ2) is 5.08. The van der Waals surface area contributed by atoms with Gasteiger partial charge >= 0.3 is 0 Å². The van der Waals surface area contributed by atoms with Crippen LogP contribution in [0.4, 0.5) is 0 Å². The fraction of sp³-hybridized carbons (Fsp3) is 0.750. The van der Waals surface area contributed by atoms with E-state index in [0.717, 1.165) is 5.92 Å². The molecule has 0 spiro atoms. The molecule has 0 bridgehead atoms. The van der Waals surface area contributed by atoms with Crippen LogP contribution in [-0.2, 0) is 0 Å². The van der Waals surface area contributed by atoms with Crippen molar-refractivity contribution in [1.29, 1.82) is 0 Å². The van der Waals surface area contributed by atoms with Gasteiger partial charge in [-0.15, -0.1) is 11.3 Å². The smallest absolute Gasteiger partial charge is 0.0795 e. The molecule has 3 heteroatoms. The van der Waals surface area contributed by atoms with Crippen LogP contribution in [0.1, 0.15) is 51.3 Å². The van der Waals surface area contributed by atoms with Crippen molar-refractivity contribution in [2.75, 3.05) is 0 Å². The van der Waals surface area contributed by atoms with E-state index < -0.39 is 0 Å². The Labute approximate surface area is 96.1 Å². The summed E-state index contributed by atoms with van der Waals surface area (Å²) in [5.74, 6) is 0.881. The first-order valence-corrected chi connectivity index (χ1v) is 6.86. The van der Waals surface area contributed by atoms with Crippen molar-refractivity contribution in [2.24, 2.45) is 5.92 Å². The third-order valence-corrected chi connectivity index (χ3v) is 4.12. The zero-order valence-electron chi connectivity index (χ0n) is 9.57. The average Bonchev–Trinajstić information content (AvgIpc) is 2.91. The lowest BCUT2D eigenvalue weighted by Gasteiger charge is -2.23. The van der Waals surface area contributed by atoms with E-state index in [1.165, 1.54) is 31.4 Å². The van der Waals surface area contributed by atoms with Crippen molar-refractivity contribution in [3.63, 3.8) is 0 Å². The molecule has 1 fully saturated rings. The number of thiazole rings is 1. The minimum atomic E-state index is 0.395. The summed E-state index contributed by atoms with van der Waals surface area (Å²) in [4.78, 5) is 4.35. The average molecular weight is 224 g/mol. The van der Waals surface area contributed by atoms with E-state index in [0.29, 0.717) is 12.1 Å². The molecule has 1 N–H and O–H groups in total. The van der Waals surface area contributed by atoms with Gasteiger partial charge in [-0.3, -0.25) is 0 Å². The first-order valence-electron chi connectivity index (χ1n) is 5.91. The molecule has 2 atom stereocenters. The highest BCUT2D eigenvalue weighted by Gasteiger charge is 2.22. The minimum absolute atomic E-state index is 0.395. The van der Waals surface area contributed by atoms with Gasteiger partial charge in [-0.05, 0) is 32.6 Å². The van der Waals surface area contributed by atoms with Crippen LogP contribution in [0.25, 0.3) is 0 Å². The molecule has 0 radical (unpaired) electrons. The molecule has 84 valence electrons. The molecule has 2 rings (SSSR count). The Morgan fingerprint density at radius 3 is 2.73 bits per heavy atom. The van der Waals surface area contributed by atoms with Gasteiger partial charge in [-0.25, -0.2) is 4.98 Å². The molecule has 1 aliphatic rings. The topological polar surface area (TPSA) is 24.9 Å². The molecular weight excluding hydrogens is 204 g/mol. The molecule has 1 aromatic heterocycles. The maximum Gasteiger partial charge on any atom is 0.0795 e. The molecule has 0 aromatic carbocycles. The Hall–Kier alpha value is -0.410. The Morgan fingerprint density at radius 2 is 2.13 bits per heavy atom. The molecule has 0 aliphatic heterocycles. The third kappa shape index (κ3) is 2.79. The summed E-state index contributed by atoms with van der Waals surface area (Å²) < 4.78 is 0. The molecule has 2 nitrogen and oxygen atoms in total. The molecular formula is C12H20N2S. The molecule has 1 aliphatic carbocycles. The van der Waals surface area contributed by atoms with Crippen LogP contribution in [0, 0.1) is 5.92 Å². The minimum Gasteiger partial charge on any atom is -0.306 e. The van der Waals surface area contributed by atoms with Gasteiger partial charge in [0.2, 0.25) is 0 Å². The van der Waals surface area contributed by atoms with Crippen LogP contribution >= 0.6 is 11.3 Å². The summed E-state index contributed by atoms with van der Waals surface area (Å²) in [5.41, 5.74) is 3.10. The number of hydrogen-bond acceptors (Lipinski definition) is 3. The predicted octanol–water partition coefficient (Wildman–Crippen LogP) is 3.37. The number of hydrogen-bond donors (Lipinski definition) is 1. The Morgan fingerprint density at radius 1 is 1.40 bits per heavy atom. The van der Waals surface area contributed by atoms with Crippen molar-refractivity contribution < 1.29 is 0 Å². The van der Waals surface area contributed by atoms with Gasteiger partial charge in [-0.1, -0.05) is 12.8 Å². The zero-order valence-corrected chi connectivity index (χ0v) is 10.4. The largest absolute Gasteiger partial charge is 0.306 e. The standard InChI is InChI=1S/C12H20N2S/c1-9(11-5-3-4-6-11)14-10(2)12-7-15-8-13-12/h7-11,14H,3-6H2,1-2H3/t9-,10?/m1/s1. The van der Waals surface area contributed by atoms with Gasteiger partial charge in [0.1, 0.15) is 0 Å². The number of aromatic nitrogens is 1. The van der Waals surface area contributed by atoms with Crippen LogP contribution in [0.3, 0.4) is 0 Å². The van der Waals surface area contributed by atoms with Crippen molar-refractivity contribution in [2.45, 2.75) is 51.6 Å². The Kier molecular flexibility index (Phi) is 3.76. The lowest BCUT2D eigenvalue weighted by Crippen LogP contribution is -2.34. The highest BCUT2D eigenvalue weighted by molar-refractivity contribution is 7.07.